The minimum absolute atomic E-state index is 0.0141. The lowest BCUT2D eigenvalue weighted by Gasteiger charge is -2.02. The topological polar surface area (TPSA) is 34.1 Å². The Kier molecular flexibility index (Phi) is 20.3. The highest BCUT2D eigenvalue weighted by atomic mass is 16.1. The van der Waals surface area contributed by atoms with Crippen molar-refractivity contribution in [1.82, 2.24) is 0 Å². The normalized spacial score (nSPS) is 12.2. The van der Waals surface area contributed by atoms with Gasteiger partial charge in [0, 0.05) is 12.8 Å². The first kappa shape index (κ1) is 26.3. The second kappa shape index (κ2) is 21.6. The molecule has 0 amide bonds. The van der Waals surface area contributed by atoms with Crippen LogP contribution in [0.1, 0.15) is 104 Å². The predicted molar refractivity (Wildman–Crippen MR) is 123 cm³/mol. The Hall–Kier alpha value is -1.70. The molecule has 0 heterocycles. The van der Waals surface area contributed by atoms with E-state index in [2.05, 4.69) is 13.0 Å². The molecule has 2 heteroatoms. The Morgan fingerprint density at radius 2 is 1.21 bits per heavy atom. The van der Waals surface area contributed by atoms with Crippen LogP contribution in [-0.4, -0.2) is 11.6 Å². The SMILES string of the molecule is CC=CC(=O)C=CC=CC=CCCCCCCCC(=O)CCCCCCCC. The molecule has 0 rings (SSSR count). The van der Waals surface area contributed by atoms with Gasteiger partial charge in [-0.3, -0.25) is 9.59 Å². The number of hydrogen-bond donors (Lipinski definition) is 0. The minimum Gasteiger partial charge on any atom is -0.300 e. The molecular weight excluding hydrogens is 344 g/mol. The molecule has 0 atom stereocenters. The van der Waals surface area contributed by atoms with Gasteiger partial charge < -0.3 is 0 Å². The van der Waals surface area contributed by atoms with E-state index in [9.17, 15) is 9.59 Å². The Morgan fingerprint density at radius 3 is 1.86 bits per heavy atom. The third-order valence-electron chi connectivity index (χ3n) is 4.70. The fraction of sp³-hybridized carbons (Fsp3) is 0.615. The molecule has 0 radical (unpaired) electrons. The van der Waals surface area contributed by atoms with Gasteiger partial charge in [0.1, 0.15) is 5.78 Å². The summed E-state index contributed by atoms with van der Waals surface area (Å²) in [6.45, 7) is 4.07. The molecule has 0 unspecified atom stereocenters. The molecule has 0 aliphatic rings. The van der Waals surface area contributed by atoms with Crippen molar-refractivity contribution in [1.29, 1.82) is 0 Å². The highest BCUT2D eigenvalue weighted by Crippen LogP contribution is 2.11. The van der Waals surface area contributed by atoms with Gasteiger partial charge in [0.25, 0.3) is 0 Å². The first-order valence-electron chi connectivity index (χ1n) is 11.4. The van der Waals surface area contributed by atoms with E-state index in [0.29, 0.717) is 5.78 Å². The van der Waals surface area contributed by atoms with E-state index in [1.165, 1.54) is 57.8 Å². The number of carbonyl (C=O) groups excluding carboxylic acids is 2. The molecule has 0 saturated heterocycles. The zero-order valence-electron chi connectivity index (χ0n) is 18.3. The fourth-order valence-electron chi connectivity index (χ4n) is 3.02. The van der Waals surface area contributed by atoms with E-state index in [4.69, 9.17) is 0 Å². The number of rotatable bonds is 19. The van der Waals surface area contributed by atoms with Gasteiger partial charge >= 0.3 is 0 Å². The molecule has 0 aromatic rings. The van der Waals surface area contributed by atoms with Crippen molar-refractivity contribution in [3.8, 4) is 0 Å². The number of unbranched alkanes of at least 4 members (excludes halogenated alkanes) is 10. The molecule has 0 aromatic heterocycles. The molecule has 2 nitrogen and oxygen atoms in total. The van der Waals surface area contributed by atoms with Crippen LogP contribution in [0.25, 0.3) is 0 Å². The van der Waals surface area contributed by atoms with Gasteiger partial charge in [0.05, 0.1) is 0 Å². The van der Waals surface area contributed by atoms with Crippen molar-refractivity contribution in [2.75, 3.05) is 0 Å². The first-order valence-corrected chi connectivity index (χ1v) is 11.4. The van der Waals surface area contributed by atoms with Gasteiger partial charge in [0.15, 0.2) is 5.78 Å². The summed E-state index contributed by atoms with van der Waals surface area (Å²) < 4.78 is 0. The van der Waals surface area contributed by atoms with Crippen molar-refractivity contribution in [2.45, 2.75) is 104 Å². The quantitative estimate of drug-likeness (QED) is 0.129. The van der Waals surface area contributed by atoms with E-state index in [1.54, 1.807) is 24.3 Å². The van der Waals surface area contributed by atoms with Crippen molar-refractivity contribution in [3.63, 3.8) is 0 Å². The molecule has 0 N–H and O–H groups in total. The molecule has 0 bridgehead atoms. The van der Waals surface area contributed by atoms with Crippen LogP contribution in [-0.2, 0) is 9.59 Å². The van der Waals surface area contributed by atoms with Crippen molar-refractivity contribution in [2.24, 2.45) is 0 Å². The van der Waals surface area contributed by atoms with Crippen LogP contribution in [0.2, 0.25) is 0 Å². The minimum atomic E-state index is 0.0141. The fourth-order valence-corrected chi connectivity index (χ4v) is 3.02. The molecule has 0 fully saturated rings. The summed E-state index contributed by atoms with van der Waals surface area (Å²) in [5, 5.41) is 0. The molecule has 158 valence electrons. The maximum Gasteiger partial charge on any atom is 0.178 e. The summed E-state index contributed by atoms with van der Waals surface area (Å²) in [6, 6.07) is 0. The standard InChI is InChI=1S/C26H42O2/c1-3-5-6-7-15-19-23-26(28)24-20-17-14-12-10-8-9-11-13-16-18-22-25(27)21-4-2/h4,9,11,13,16,18,21-22H,3,5-8,10,12,14-15,17,19-20,23-24H2,1-2H3. The monoisotopic (exact) mass is 386 g/mol. The summed E-state index contributed by atoms with van der Waals surface area (Å²) in [6.07, 6.45) is 30.7. The lowest BCUT2D eigenvalue weighted by Crippen LogP contribution is -1.97. The van der Waals surface area contributed by atoms with E-state index < -0.39 is 0 Å². The van der Waals surface area contributed by atoms with Gasteiger partial charge in [-0.2, -0.15) is 0 Å². The number of hydrogen-bond acceptors (Lipinski definition) is 2. The van der Waals surface area contributed by atoms with E-state index in [1.807, 2.05) is 25.2 Å². The van der Waals surface area contributed by atoms with Gasteiger partial charge in [-0.15, -0.1) is 0 Å². The van der Waals surface area contributed by atoms with Gasteiger partial charge in [-0.1, -0.05) is 94.7 Å². The van der Waals surface area contributed by atoms with E-state index in [-0.39, 0.29) is 5.78 Å². The Morgan fingerprint density at radius 1 is 0.643 bits per heavy atom. The van der Waals surface area contributed by atoms with Crippen LogP contribution in [0.5, 0.6) is 0 Å². The van der Waals surface area contributed by atoms with E-state index >= 15 is 0 Å². The summed E-state index contributed by atoms with van der Waals surface area (Å²) in [4.78, 5) is 23.1. The first-order chi connectivity index (χ1) is 13.7. The average molecular weight is 387 g/mol. The second-order valence-electron chi connectivity index (χ2n) is 7.44. The zero-order valence-corrected chi connectivity index (χ0v) is 18.3. The largest absolute Gasteiger partial charge is 0.300 e. The highest BCUT2D eigenvalue weighted by Gasteiger charge is 2.01. The van der Waals surface area contributed by atoms with Crippen LogP contribution >= 0.6 is 0 Å². The lowest BCUT2D eigenvalue weighted by atomic mass is 10.0. The lowest BCUT2D eigenvalue weighted by molar-refractivity contribution is -0.119. The Bertz CT molecular complexity index is 495. The van der Waals surface area contributed by atoms with Crippen LogP contribution in [0.15, 0.2) is 48.6 Å². The van der Waals surface area contributed by atoms with Crippen LogP contribution < -0.4 is 0 Å². The van der Waals surface area contributed by atoms with Crippen LogP contribution in [0.4, 0.5) is 0 Å². The van der Waals surface area contributed by atoms with Crippen LogP contribution in [0, 0.1) is 0 Å². The number of ketones is 2. The molecule has 0 aliphatic carbocycles. The maximum absolute atomic E-state index is 11.8. The second-order valence-corrected chi connectivity index (χ2v) is 7.44. The maximum atomic E-state index is 11.8. The summed E-state index contributed by atoms with van der Waals surface area (Å²) in [5.41, 5.74) is 0. The number of carbonyl (C=O) groups is 2. The molecule has 0 spiro atoms. The Labute approximate surface area is 173 Å². The number of allylic oxidation sites excluding steroid dienone is 8. The van der Waals surface area contributed by atoms with Crippen molar-refractivity contribution < 1.29 is 9.59 Å². The van der Waals surface area contributed by atoms with Crippen molar-refractivity contribution >= 4 is 11.6 Å². The predicted octanol–water partition coefficient (Wildman–Crippen LogP) is 7.85. The van der Waals surface area contributed by atoms with Crippen LogP contribution in [0.3, 0.4) is 0 Å². The molecule has 0 aromatic carbocycles. The average Bonchev–Trinajstić information content (AvgIpc) is 2.68. The molecule has 0 aliphatic heterocycles. The van der Waals surface area contributed by atoms with Gasteiger partial charge in [0.2, 0.25) is 0 Å². The summed E-state index contributed by atoms with van der Waals surface area (Å²) >= 11 is 0. The third-order valence-corrected chi connectivity index (χ3v) is 4.70. The van der Waals surface area contributed by atoms with Crippen molar-refractivity contribution in [3.05, 3.63) is 48.6 Å². The summed E-state index contributed by atoms with van der Waals surface area (Å²) in [7, 11) is 0. The molecule has 28 heavy (non-hydrogen) atoms. The summed E-state index contributed by atoms with van der Waals surface area (Å²) in [5.74, 6) is 0.479. The molecular formula is C26H42O2. The zero-order chi connectivity index (χ0) is 20.7. The number of Topliss-reactive ketones (excluding diaryl/α,β-unsaturated/α-hetero) is 1. The van der Waals surface area contributed by atoms with E-state index in [0.717, 1.165) is 32.1 Å². The van der Waals surface area contributed by atoms with Gasteiger partial charge in [-0.05, 0) is 44.8 Å². The van der Waals surface area contributed by atoms with Gasteiger partial charge in [-0.25, -0.2) is 0 Å². The highest BCUT2D eigenvalue weighted by molar-refractivity contribution is 5.99. The Balaban J connectivity index is 3.42. The third kappa shape index (κ3) is 20.6. The smallest absolute Gasteiger partial charge is 0.178 e. The molecule has 0 saturated carbocycles.